The van der Waals surface area contributed by atoms with E-state index in [1.165, 1.54) is 16.7 Å². The van der Waals surface area contributed by atoms with Gasteiger partial charge in [-0.05, 0) is 54.3 Å². The summed E-state index contributed by atoms with van der Waals surface area (Å²) < 4.78 is 7.29. The molecule has 3 aromatic rings. The van der Waals surface area contributed by atoms with Crippen LogP contribution in [-0.2, 0) is 12.8 Å². The van der Waals surface area contributed by atoms with Crippen LogP contribution in [0.4, 0.5) is 0 Å². The zero-order chi connectivity index (χ0) is 14.2. The van der Waals surface area contributed by atoms with Gasteiger partial charge in [0.2, 0.25) is 0 Å². The molecule has 1 aliphatic rings. The maximum Gasteiger partial charge on any atom is 0.119 e. The summed E-state index contributed by atoms with van der Waals surface area (Å²) >= 11 is 0. The maximum atomic E-state index is 5.32. The van der Waals surface area contributed by atoms with Crippen LogP contribution in [0, 0.1) is 0 Å². The van der Waals surface area contributed by atoms with E-state index in [1.54, 1.807) is 7.11 Å². The van der Waals surface area contributed by atoms with Gasteiger partial charge in [0, 0.05) is 11.8 Å². The third kappa shape index (κ3) is 2.02. The summed E-state index contributed by atoms with van der Waals surface area (Å²) in [6, 6.07) is 16.5. The van der Waals surface area contributed by atoms with E-state index < -0.39 is 0 Å². The summed E-state index contributed by atoms with van der Waals surface area (Å²) in [6.07, 6.45) is 4.22. The van der Waals surface area contributed by atoms with Crippen molar-refractivity contribution in [3.05, 3.63) is 65.9 Å². The van der Waals surface area contributed by atoms with Gasteiger partial charge in [0.05, 0.1) is 18.5 Å². The average Bonchev–Trinajstić information content (AvgIpc) is 2.99. The van der Waals surface area contributed by atoms with Crippen molar-refractivity contribution in [2.75, 3.05) is 7.11 Å². The van der Waals surface area contributed by atoms with Gasteiger partial charge in [-0.2, -0.15) is 5.10 Å². The number of hydrogen-bond donors (Lipinski definition) is 0. The fraction of sp³-hybridized carbons (Fsp3) is 0.167. The van der Waals surface area contributed by atoms with Crippen LogP contribution in [0.3, 0.4) is 0 Å². The molecule has 0 radical (unpaired) electrons. The lowest BCUT2D eigenvalue weighted by atomic mass is 9.90. The maximum absolute atomic E-state index is 5.32. The van der Waals surface area contributed by atoms with E-state index in [-0.39, 0.29) is 0 Å². The molecule has 0 amide bonds. The molecule has 2 aromatic carbocycles. The minimum atomic E-state index is 0.916. The molecule has 3 nitrogen and oxygen atoms in total. The number of aryl methyl sites for hydroxylation is 2. The van der Waals surface area contributed by atoms with Gasteiger partial charge in [0.15, 0.2) is 0 Å². The zero-order valence-electron chi connectivity index (χ0n) is 11.9. The Morgan fingerprint density at radius 2 is 1.81 bits per heavy atom. The lowest BCUT2D eigenvalue weighted by molar-refractivity contribution is 0.414. The Labute approximate surface area is 123 Å². The van der Waals surface area contributed by atoms with E-state index in [9.17, 15) is 0 Å². The molecule has 21 heavy (non-hydrogen) atoms. The van der Waals surface area contributed by atoms with Crippen molar-refractivity contribution in [2.45, 2.75) is 12.8 Å². The molecule has 1 aromatic heterocycles. The smallest absolute Gasteiger partial charge is 0.119 e. The second kappa shape index (κ2) is 4.77. The van der Waals surface area contributed by atoms with Crippen LogP contribution in [0.2, 0.25) is 0 Å². The number of nitrogens with zero attached hydrogens (tertiary/aromatic N) is 2. The Hall–Kier alpha value is -2.55. The topological polar surface area (TPSA) is 27.1 Å². The van der Waals surface area contributed by atoms with Gasteiger partial charge < -0.3 is 4.74 Å². The summed E-state index contributed by atoms with van der Waals surface area (Å²) in [4.78, 5) is 0. The van der Waals surface area contributed by atoms with E-state index in [0.29, 0.717) is 0 Å². The number of para-hydroxylation sites is 1. The molecule has 104 valence electrons. The first-order chi connectivity index (χ1) is 10.3. The van der Waals surface area contributed by atoms with Crippen molar-refractivity contribution in [1.29, 1.82) is 0 Å². The average molecular weight is 276 g/mol. The van der Waals surface area contributed by atoms with E-state index in [4.69, 9.17) is 9.84 Å². The highest BCUT2D eigenvalue weighted by Crippen LogP contribution is 2.34. The van der Waals surface area contributed by atoms with Gasteiger partial charge in [-0.25, -0.2) is 4.68 Å². The van der Waals surface area contributed by atoms with Crippen molar-refractivity contribution in [1.82, 2.24) is 9.78 Å². The Bertz CT molecular complexity index is 790. The molecule has 0 aliphatic heterocycles. The first-order valence-electron chi connectivity index (χ1n) is 7.16. The van der Waals surface area contributed by atoms with Crippen LogP contribution in [0.5, 0.6) is 5.75 Å². The normalized spacial score (nSPS) is 12.6. The fourth-order valence-corrected chi connectivity index (χ4v) is 2.94. The van der Waals surface area contributed by atoms with Crippen molar-refractivity contribution < 1.29 is 4.74 Å². The molecule has 0 N–H and O–H groups in total. The highest BCUT2D eigenvalue weighted by atomic mass is 16.5. The lowest BCUT2D eigenvalue weighted by Crippen LogP contribution is -2.02. The van der Waals surface area contributed by atoms with E-state index >= 15 is 0 Å². The number of ether oxygens (including phenoxy) is 1. The first kappa shape index (κ1) is 12.2. The highest BCUT2D eigenvalue weighted by molar-refractivity contribution is 5.70. The Balaban J connectivity index is 1.82. The lowest BCUT2D eigenvalue weighted by Gasteiger charge is -2.15. The van der Waals surface area contributed by atoms with Crippen LogP contribution in [0.25, 0.3) is 16.9 Å². The number of benzene rings is 2. The molecule has 0 bridgehead atoms. The molecule has 3 heteroatoms. The predicted molar refractivity (Wildman–Crippen MR) is 83.0 cm³/mol. The predicted octanol–water partition coefficient (Wildman–Crippen LogP) is 3.65. The highest BCUT2D eigenvalue weighted by Gasteiger charge is 2.20. The van der Waals surface area contributed by atoms with Gasteiger partial charge >= 0.3 is 0 Å². The Morgan fingerprint density at radius 3 is 2.62 bits per heavy atom. The van der Waals surface area contributed by atoms with Crippen LogP contribution < -0.4 is 4.74 Å². The number of aromatic nitrogens is 2. The van der Waals surface area contributed by atoms with Gasteiger partial charge in [-0.15, -0.1) is 0 Å². The molecule has 4 rings (SSSR count). The molecule has 0 saturated heterocycles. The second-order valence-corrected chi connectivity index (χ2v) is 5.31. The summed E-state index contributed by atoms with van der Waals surface area (Å²) in [5.41, 5.74) is 6.06. The Morgan fingerprint density at radius 1 is 1.00 bits per heavy atom. The third-order valence-electron chi connectivity index (χ3n) is 4.04. The number of methoxy groups -OCH3 is 1. The second-order valence-electron chi connectivity index (χ2n) is 5.31. The first-order valence-corrected chi connectivity index (χ1v) is 7.16. The molecule has 0 atom stereocenters. The van der Waals surface area contributed by atoms with Crippen LogP contribution >= 0.6 is 0 Å². The molecule has 0 fully saturated rings. The van der Waals surface area contributed by atoms with Crippen LogP contribution in [0.1, 0.15) is 11.1 Å². The van der Waals surface area contributed by atoms with Gasteiger partial charge in [0.25, 0.3) is 0 Å². The van der Waals surface area contributed by atoms with E-state index in [1.807, 2.05) is 28.9 Å². The molecule has 1 aliphatic carbocycles. The summed E-state index contributed by atoms with van der Waals surface area (Å²) in [6.45, 7) is 0. The minimum absolute atomic E-state index is 0.916. The number of fused-ring (bicyclic) bond motifs is 3. The monoisotopic (exact) mass is 276 g/mol. The molecule has 0 saturated carbocycles. The van der Waals surface area contributed by atoms with Gasteiger partial charge in [0.1, 0.15) is 5.75 Å². The van der Waals surface area contributed by atoms with Crippen molar-refractivity contribution in [3.8, 4) is 22.7 Å². The number of hydrogen-bond acceptors (Lipinski definition) is 2. The molecule has 1 heterocycles. The molecule has 0 spiro atoms. The molecular weight excluding hydrogens is 260 g/mol. The molecular formula is C18H16N2O. The van der Waals surface area contributed by atoms with Crippen molar-refractivity contribution >= 4 is 0 Å². The summed E-state index contributed by atoms with van der Waals surface area (Å²) in [5, 5.41) is 4.79. The van der Waals surface area contributed by atoms with Crippen LogP contribution in [0.15, 0.2) is 54.7 Å². The number of rotatable bonds is 2. The fourth-order valence-electron chi connectivity index (χ4n) is 2.94. The summed E-state index contributed by atoms with van der Waals surface area (Å²) in [7, 11) is 1.71. The van der Waals surface area contributed by atoms with Gasteiger partial charge in [-0.1, -0.05) is 18.2 Å². The van der Waals surface area contributed by atoms with Crippen molar-refractivity contribution in [3.63, 3.8) is 0 Å². The standard InChI is InChI=1S/C18H16N2O/c1-21-16-9-10-17-13(11-16)7-8-14-12-20(19-18(14)17)15-5-3-2-4-6-15/h2-6,9-12H,7-8H2,1H3. The minimum Gasteiger partial charge on any atom is -0.497 e. The van der Waals surface area contributed by atoms with Crippen LogP contribution in [-0.4, -0.2) is 16.9 Å². The van der Waals surface area contributed by atoms with E-state index in [0.717, 1.165) is 30.0 Å². The zero-order valence-corrected chi connectivity index (χ0v) is 11.9. The molecule has 0 unspecified atom stereocenters. The van der Waals surface area contributed by atoms with E-state index in [2.05, 4.69) is 30.5 Å². The van der Waals surface area contributed by atoms with Crippen molar-refractivity contribution in [2.24, 2.45) is 0 Å². The third-order valence-corrected chi connectivity index (χ3v) is 4.04. The van der Waals surface area contributed by atoms with Gasteiger partial charge in [-0.3, -0.25) is 0 Å². The Kier molecular flexibility index (Phi) is 2.78. The SMILES string of the molecule is COc1ccc2c(c1)CCc1cn(-c3ccccc3)nc1-2. The summed E-state index contributed by atoms with van der Waals surface area (Å²) in [5.74, 6) is 0.916. The quantitative estimate of drug-likeness (QED) is 0.714. The largest absolute Gasteiger partial charge is 0.497 e.